The van der Waals surface area contributed by atoms with Crippen LogP contribution in [-0.4, -0.2) is 22.4 Å². The highest BCUT2D eigenvalue weighted by Crippen LogP contribution is 2.03. The molecular weight excluding hydrogens is 258 g/mol. The molecule has 0 aliphatic rings. The molecule has 6 heteroatoms. The molecule has 1 aromatic rings. The molecular formula is C14H21N3O3. The molecule has 0 spiro atoms. The van der Waals surface area contributed by atoms with Gasteiger partial charge in [-0.3, -0.25) is 14.4 Å². The highest BCUT2D eigenvalue weighted by Gasteiger charge is 2.12. The average molecular weight is 279 g/mol. The van der Waals surface area contributed by atoms with Crippen molar-refractivity contribution >= 4 is 17.5 Å². The maximum absolute atomic E-state index is 12.2. The Morgan fingerprint density at radius 2 is 2.00 bits per heavy atom. The van der Waals surface area contributed by atoms with Crippen LogP contribution < -0.4 is 16.2 Å². The number of carbonyl (C=O) groups excluding carboxylic acids is 2. The van der Waals surface area contributed by atoms with Crippen molar-refractivity contribution in [2.45, 2.75) is 46.7 Å². The van der Waals surface area contributed by atoms with Crippen LogP contribution in [0.4, 0.5) is 5.69 Å². The molecule has 0 aliphatic heterocycles. The van der Waals surface area contributed by atoms with E-state index in [1.54, 1.807) is 19.1 Å². The SMILES string of the molecule is CCC(C)NC(=O)Cn1c(C)ccc(NC(C)=O)c1=O. The van der Waals surface area contributed by atoms with Crippen molar-refractivity contribution in [3.05, 3.63) is 28.2 Å². The van der Waals surface area contributed by atoms with Gasteiger partial charge in [-0.1, -0.05) is 6.92 Å². The molecule has 0 saturated heterocycles. The van der Waals surface area contributed by atoms with Gasteiger partial charge >= 0.3 is 0 Å². The highest BCUT2D eigenvalue weighted by atomic mass is 16.2. The Hall–Kier alpha value is -2.11. The normalized spacial score (nSPS) is 11.8. The quantitative estimate of drug-likeness (QED) is 0.844. The van der Waals surface area contributed by atoms with Gasteiger partial charge in [-0.05, 0) is 32.4 Å². The van der Waals surface area contributed by atoms with Gasteiger partial charge in [0.15, 0.2) is 0 Å². The largest absolute Gasteiger partial charge is 0.352 e. The molecule has 1 rings (SSSR count). The molecule has 2 N–H and O–H groups in total. The second kappa shape index (κ2) is 6.88. The number of nitrogens with zero attached hydrogens (tertiary/aromatic N) is 1. The minimum absolute atomic E-state index is 0.0531. The number of rotatable bonds is 5. The summed E-state index contributed by atoms with van der Waals surface area (Å²) >= 11 is 0. The van der Waals surface area contributed by atoms with Gasteiger partial charge in [0.1, 0.15) is 12.2 Å². The minimum atomic E-state index is -0.375. The summed E-state index contributed by atoms with van der Waals surface area (Å²) < 4.78 is 1.35. The van der Waals surface area contributed by atoms with Crippen LogP contribution in [0.15, 0.2) is 16.9 Å². The lowest BCUT2D eigenvalue weighted by Crippen LogP contribution is -2.38. The van der Waals surface area contributed by atoms with E-state index in [0.717, 1.165) is 6.42 Å². The molecule has 0 radical (unpaired) electrons. The number of pyridine rings is 1. The van der Waals surface area contributed by atoms with Crippen molar-refractivity contribution < 1.29 is 9.59 Å². The summed E-state index contributed by atoms with van der Waals surface area (Å²) in [5.41, 5.74) is 0.474. The molecule has 110 valence electrons. The number of nitrogens with one attached hydrogen (secondary N) is 2. The van der Waals surface area contributed by atoms with Crippen LogP contribution in [0.2, 0.25) is 0 Å². The van der Waals surface area contributed by atoms with Crippen molar-refractivity contribution in [3.8, 4) is 0 Å². The van der Waals surface area contributed by atoms with E-state index in [2.05, 4.69) is 10.6 Å². The third kappa shape index (κ3) is 4.22. The van der Waals surface area contributed by atoms with Crippen molar-refractivity contribution in [3.63, 3.8) is 0 Å². The Labute approximate surface area is 118 Å². The van der Waals surface area contributed by atoms with E-state index in [4.69, 9.17) is 0 Å². The smallest absolute Gasteiger partial charge is 0.274 e. The predicted molar refractivity (Wildman–Crippen MR) is 77.6 cm³/mol. The molecule has 2 amide bonds. The number of aryl methyl sites for hydroxylation is 1. The summed E-state index contributed by atoms with van der Waals surface area (Å²) in [4.78, 5) is 35.1. The van der Waals surface area contributed by atoms with E-state index < -0.39 is 0 Å². The van der Waals surface area contributed by atoms with Crippen molar-refractivity contribution in [2.24, 2.45) is 0 Å². The van der Waals surface area contributed by atoms with Crippen LogP contribution in [-0.2, 0) is 16.1 Å². The van der Waals surface area contributed by atoms with Crippen LogP contribution in [0.5, 0.6) is 0 Å². The van der Waals surface area contributed by atoms with Crippen LogP contribution >= 0.6 is 0 Å². The first-order valence-electron chi connectivity index (χ1n) is 6.62. The fraction of sp³-hybridized carbons (Fsp3) is 0.500. The molecule has 0 fully saturated rings. The monoisotopic (exact) mass is 279 g/mol. The number of carbonyl (C=O) groups is 2. The van der Waals surface area contributed by atoms with Gasteiger partial charge in [-0.2, -0.15) is 0 Å². The number of aromatic nitrogens is 1. The Kier molecular flexibility index (Phi) is 5.49. The molecule has 0 saturated carbocycles. The number of amides is 2. The van der Waals surface area contributed by atoms with Gasteiger partial charge in [0.25, 0.3) is 5.56 Å². The van der Waals surface area contributed by atoms with Crippen LogP contribution in [0, 0.1) is 6.92 Å². The molecule has 0 aliphatic carbocycles. The molecule has 1 unspecified atom stereocenters. The Morgan fingerprint density at radius 3 is 2.55 bits per heavy atom. The molecule has 1 heterocycles. The zero-order valence-electron chi connectivity index (χ0n) is 12.3. The third-order valence-electron chi connectivity index (χ3n) is 3.02. The van der Waals surface area contributed by atoms with Gasteiger partial charge in [-0.25, -0.2) is 0 Å². The summed E-state index contributed by atoms with van der Waals surface area (Å²) in [6.45, 7) is 6.90. The Balaban J connectivity index is 2.97. The number of hydrogen-bond acceptors (Lipinski definition) is 3. The van der Waals surface area contributed by atoms with Gasteiger partial charge in [-0.15, -0.1) is 0 Å². The Morgan fingerprint density at radius 1 is 1.35 bits per heavy atom. The number of anilines is 1. The lowest BCUT2D eigenvalue weighted by atomic mass is 10.2. The van der Waals surface area contributed by atoms with E-state index in [-0.39, 0.29) is 35.6 Å². The van der Waals surface area contributed by atoms with Gasteiger partial charge in [0.2, 0.25) is 11.8 Å². The topological polar surface area (TPSA) is 80.2 Å². The van der Waals surface area contributed by atoms with E-state index in [1.807, 2.05) is 13.8 Å². The molecule has 1 atom stereocenters. The third-order valence-corrected chi connectivity index (χ3v) is 3.02. The minimum Gasteiger partial charge on any atom is -0.352 e. The average Bonchev–Trinajstić information content (AvgIpc) is 2.37. The van der Waals surface area contributed by atoms with E-state index in [1.165, 1.54) is 11.5 Å². The fourth-order valence-electron chi connectivity index (χ4n) is 1.72. The Bertz CT molecular complexity index is 563. The van der Waals surface area contributed by atoms with E-state index in [0.29, 0.717) is 5.69 Å². The highest BCUT2D eigenvalue weighted by molar-refractivity contribution is 5.88. The van der Waals surface area contributed by atoms with Gasteiger partial charge in [0.05, 0.1) is 0 Å². The first-order valence-corrected chi connectivity index (χ1v) is 6.62. The van der Waals surface area contributed by atoms with Crippen LogP contribution in [0.1, 0.15) is 32.9 Å². The number of hydrogen-bond donors (Lipinski definition) is 2. The molecule has 1 aromatic heterocycles. The predicted octanol–water partition coefficient (Wildman–Crippen LogP) is 1.03. The second-order valence-corrected chi connectivity index (χ2v) is 4.84. The van der Waals surface area contributed by atoms with Crippen LogP contribution in [0.3, 0.4) is 0 Å². The molecule has 6 nitrogen and oxygen atoms in total. The molecule has 0 aromatic carbocycles. The lowest BCUT2D eigenvalue weighted by Gasteiger charge is -2.15. The maximum atomic E-state index is 12.2. The zero-order chi connectivity index (χ0) is 15.3. The summed E-state index contributed by atoms with van der Waals surface area (Å²) in [5, 5.41) is 5.27. The molecule has 0 bridgehead atoms. The first kappa shape index (κ1) is 15.9. The first-order chi connectivity index (χ1) is 9.35. The summed E-state index contributed by atoms with van der Waals surface area (Å²) in [6, 6.07) is 3.31. The van der Waals surface area contributed by atoms with Crippen molar-refractivity contribution in [2.75, 3.05) is 5.32 Å². The van der Waals surface area contributed by atoms with Gasteiger partial charge in [0, 0.05) is 18.7 Å². The van der Waals surface area contributed by atoms with Crippen molar-refractivity contribution in [1.29, 1.82) is 0 Å². The summed E-state index contributed by atoms with van der Waals surface area (Å²) in [6.07, 6.45) is 0.825. The van der Waals surface area contributed by atoms with E-state index in [9.17, 15) is 14.4 Å². The standard InChI is InChI=1S/C14H21N3O3/c1-5-9(2)15-13(19)8-17-10(3)6-7-12(14(17)20)16-11(4)18/h6-7,9H,5,8H2,1-4H3,(H,15,19)(H,16,18). The zero-order valence-corrected chi connectivity index (χ0v) is 12.3. The second-order valence-electron chi connectivity index (χ2n) is 4.84. The lowest BCUT2D eigenvalue weighted by molar-refractivity contribution is -0.122. The van der Waals surface area contributed by atoms with E-state index >= 15 is 0 Å². The summed E-state index contributed by atoms with van der Waals surface area (Å²) in [7, 11) is 0. The van der Waals surface area contributed by atoms with Crippen LogP contribution in [0.25, 0.3) is 0 Å². The van der Waals surface area contributed by atoms with Gasteiger partial charge < -0.3 is 15.2 Å². The fourth-order valence-corrected chi connectivity index (χ4v) is 1.72. The van der Waals surface area contributed by atoms with Crippen molar-refractivity contribution in [1.82, 2.24) is 9.88 Å². The maximum Gasteiger partial charge on any atom is 0.274 e. The summed E-state index contributed by atoms with van der Waals surface area (Å²) in [5.74, 6) is -0.536. The molecule has 20 heavy (non-hydrogen) atoms.